The van der Waals surface area contributed by atoms with Crippen LogP contribution in [0.5, 0.6) is 0 Å². The van der Waals surface area contributed by atoms with Gasteiger partial charge >= 0.3 is 0 Å². The molecule has 0 aromatic carbocycles. The molecule has 1 aromatic rings. The van der Waals surface area contributed by atoms with Gasteiger partial charge in [0.1, 0.15) is 0 Å². The summed E-state index contributed by atoms with van der Waals surface area (Å²) >= 11 is 1.85. The fourth-order valence-electron chi connectivity index (χ4n) is 3.09. The lowest BCUT2D eigenvalue weighted by Crippen LogP contribution is -2.43. The van der Waals surface area contributed by atoms with E-state index in [1.54, 1.807) is 0 Å². The smallest absolute Gasteiger partial charge is 0.0570 e. The Hall–Kier alpha value is -0.380. The fraction of sp³-hybridized carbons (Fsp3) is 0.667. The van der Waals surface area contributed by atoms with Crippen molar-refractivity contribution in [3.8, 4) is 0 Å². The summed E-state index contributed by atoms with van der Waals surface area (Å²) in [5, 5.41) is 11.9. The molecule has 1 N–H and O–H groups in total. The van der Waals surface area contributed by atoms with E-state index in [1.807, 2.05) is 11.3 Å². The molecule has 2 aliphatic heterocycles. The Morgan fingerprint density at radius 3 is 2.67 bits per heavy atom. The Bertz CT molecular complexity index is 310. The van der Waals surface area contributed by atoms with Crippen LogP contribution in [0, 0.1) is 0 Å². The Morgan fingerprint density at radius 2 is 2.07 bits per heavy atom. The maximum atomic E-state index is 9.71. The minimum absolute atomic E-state index is 0.0397. The predicted molar refractivity (Wildman–Crippen MR) is 61.9 cm³/mol. The maximum Gasteiger partial charge on any atom is 0.0570 e. The van der Waals surface area contributed by atoms with Crippen LogP contribution < -0.4 is 0 Å². The monoisotopic (exact) mass is 223 g/mol. The van der Waals surface area contributed by atoms with Crippen molar-refractivity contribution >= 4 is 11.3 Å². The first-order valence-corrected chi connectivity index (χ1v) is 6.67. The van der Waals surface area contributed by atoms with Crippen molar-refractivity contribution < 1.29 is 5.11 Å². The highest BCUT2D eigenvalue weighted by Gasteiger charge is 2.39. The minimum Gasteiger partial charge on any atom is -0.393 e. The van der Waals surface area contributed by atoms with Gasteiger partial charge < -0.3 is 5.11 Å². The molecular weight excluding hydrogens is 206 g/mol. The lowest BCUT2D eigenvalue weighted by Gasteiger charge is -2.36. The fourth-order valence-corrected chi connectivity index (χ4v) is 3.80. The van der Waals surface area contributed by atoms with Gasteiger partial charge in [-0.15, -0.1) is 11.3 Å². The van der Waals surface area contributed by atoms with Gasteiger partial charge in [-0.25, -0.2) is 0 Å². The number of nitrogens with zero attached hydrogens (tertiary/aromatic N) is 1. The molecule has 2 unspecified atom stereocenters. The second-order valence-corrected chi connectivity index (χ2v) is 5.79. The molecule has 2 bridgehead atoms. The van der Waals surface area contributed by atoms with Gasteiger partial charge in [-0.1, -0.05) is 6.07 Å². The third-order valence-corrected chi connectivity index (χ3v) is 4.64. The van der Waals surface area contributed by atoms with E-state index in [1.165, 1.54) is 17.7 Å². The molecule has 1 aromatic heterocycles. The molecule has 0 amide bonds. The Balaban J connectivity index is 1.72. The van der Waals surface area contributed by atoms with Gasteiger partial charge in [-0.2, -0.15) is 0 Å². The highest BCUT2D eigenvalue weighted by Crippen LogP contribution is 2.37. The number of hydrogen-bond donors (Lipinski definition) is 1. The van der Waals surface area contributed by atoms with Crippen molar-refractivity contribution in [1.29, 1.82) is 0 Å². The van der Waals surface area contributed by atoms with Crippen LogP contribution in [0.3, 0.4) is 0 Å². The molecule has 82 valence electrons. The van der Waals surface area contributed by atoms with Gasteiger partial charge in [0.25, 0.3) is 0 Å². The number of thiophene rings is 1. The summed E-state index contributed by atoms with van der Waals surface area (Å²) in [6.07, 6.45) is 4.51. The van der Waals surface area contributed by atoms with Crippen molar-refractivity contribution in [3.05, 3.63) is 22.4 Å². The third-order valence-electron chi connectivity index (χ3n) is 3.78. The molecule has 3 rings (SSSR count). The Morgan fingerprint density at radius 1 is 1.33 bits per heavy atom. The molecule has 2 fully saturated rings. The van der Waals surface area contributed by atoms with Gasteiger partial charge in [0.15, 0.2) is 0 Å². The summed E-state index contributed by atoms with van der Waals surface area (Å²) in [6.45, 7) is 1.10. The molecule has 0 spiro atoms. The predicted octanol–water partition coefficient (Wildman–Crippen LogP) is 2.24. The molecule has 2 saturated heterocycles. The zero-order chi connectivity index (χ0) is 10.3. The number of aliphatic hydroxyl groups is 1. The number of rotatable bonds is 2. The van der Waals surface area contributed by atoms with E-state index in [4.69, 9.17) is 0 Å². The van der Waals surface area contributed by atoms with E-state index in [9.17, 15) is 5.11 Å². The number of fused-ring (bicyclic) bond motifs is 2. The summed E-state index contributed by atoms with van der Waals surface area (Å²) in [4.78, 5) is 4.07. The van der Waals surface area contributed by atoms with Crippen LogP contribution in [0.15, 0.2) is 17.5 Å². The summed E-state index contributed by atoms with van der Waals surface area (Å²) in [5.74, 6) is 0. The van der Waals surface area contributed by atoms with Crippen LogP contribution >= 0.6 is 11.3 Å². The van der Waals surface area contributed by atoms with Crippen LogP contribution in [0.25, 0.3) is 0 Å². The van der Waals surface area contributed by atoms with Crippen molar-refractivity contribution in [2.24, 2.45) is 0 Å². The van der Waals surface area contributed by atoms with Crippen LogP contribution in [0.4, 0.5) is 0 Å². The molecule has 2 atom stereocenters. The lowest BCUT2D eigenvalue weighted by molar-refractivity contribution is 0.0316. The summed E-state index contributed by atoms with van der Waals surface area (Å²) in [7, 11) is 0. The number of aliphatic hydroxyl groups excluding tert-OH is 1. The Kier molecular flexibility index (Phi) is 2.54. The van der Waals surface area contributed by atoms with Crippen LogP contribution in [0.1, 0.15) is 30.6 Å². The van der Waals surface area contributed by atoms with E-state index in [2.05, 4.69) is 22.4 Å². The molecule has 0 radical (unpaired) electrons. The van der Waals surface area contributed by atoms with Gasteiger partial charge in [0.2, 0.25) is 0 Å². The summed E-state index contributed by atoms with van der Waals surface area (Å²) in [5.41, 5.74) is 0. The maximum absolute atomic E-state index is 9.71. The van der Waals surface area contributed by atoms with E-state index in [0.717, 1.165) is 19.4 Å². The van der Waals surface area contributed by atoms with Crippen LogP contribution in [-0.2, 0) is 6.54 Å². The molecule has 2 aliphatic rings. The standard InChI is InChI=1S/C12H17NOS/c14-11-6-9-3-4-10(7-11)13(9)8-12-2-1-5-15-12/h1-2,5,9-11,14H,3-4,6-8H2. The van der Waals surface area contributed by atoms with E-state index < -0.39 is 0 Å². The third kappa shape index (κ3) is 1.84. The highest BCUT2D eigenvalue weighted by atomic mass is 32.1. The first kappa shape index (κ1) is 9.82. The molecule has 15 heavy (non-hydrogen) atoms. The van der Waals surface area contributed by atoms with Crippen molar-refractivity contribution in [2.45, 2.75) is 50.4 Å². The first-order chi connectivity index (χ1) is 7.33. The number of hydrogen-bond acceptors (Lipinski definition) is 3. The first-order valence-electron chi connectivity index (χ1n) is 5.79. The summed E-state index contributed by atoms with van der Waals surface area (Å²) < 4.78 is 0. The van der Waals surface area contributed by atoms with Gasteiger partial charge in [-0.3, -0.25) is 4.90 Å². The normalized spacial score (nSPS) is 35.9. The number of piperidine rings is 1. The molecule has 0 saturated carbocycles. The van der Waals surface area contributed by atoms with Crippen LogP contribution in [0.2, 0.25) is 0 Å². The largest absolute Gasteiger partial charge is 0.393 e. The van der Waals surface area contributed by atoms with Gasteiger partial charge in [0.05, 0.1) is 6.10 Å². The zero-order valence-corrected chi connectivity index (χ0v) is 9.62. The van der Waals surface area contributed by atoms with Crippen molar-refractivity contribution in [3.63, 3.8) is 0 Å². The van der Waals surface area contributed by atoms with Crippen LogP contribution in [-0.4, -0.2) is 28.2 Å². The lowest BCUT2D eigenvalue weighted by atomic mass is 10.00. The minimum atomic E-state index is -0.0397. The molecule has 2 nitrogen and oxygen atoms in total. The van der Waals surface area contributed by atoms with Crippen molar-refractivity contribution in [2.75, 3.05) is 0 Å². The molecule has 3 heteroatoms. The SMILES string of the molecule is OC1CC2CCC(C1)N2Cc1cccs1. The zero-order valence-electron chi connectivity index (χ0n) is 8.80. The molecular formula is C12H17NOS. The van der Waals surface area contributed by atoms with Gasteiger partial charge in [0, 0.05) is 23.5 Å². The van der Waals surface area contributed by atoms with E-state index in [-0.39, 0.29) is 6.10 Å². The second kappa shape index (κ2) is 3.89. The average molecular weight is 223 g/mol. The van der Waals surface area contributed by atoms with E-state index in [0.29, 0.717) is 12.1 Å². The van der Waals surface area contributed by atoms with Crippen molar-refractivity contribution in [1.82, 2.24) is 4.90 Å². The molecule has 3 heterocycles. The Labute approximate surface area is 94.5 Å². The quantitative estimate of drug-likeness (QED) is 0.831. The average Bonchev–Trinajstić information content (AvgIpc) is 2.77. The van der Waals surface area contributed by atoms with E-state index >= 15 is 0 Å². The second-order valence-electron chi connectivity index (χ2n) is 4.76. The topological polar surface area (TPSA) is 23.5 Å². The molecule has 0 aliphatic carbocycles. The summed E-state index contributed by atoms with van der Waals surface area (Å²) in [6, 6.07) is 5.62. The highest BCUT2D eigenvalue weighted by molar-refractivity contribution is 7.09. The van der Waals surface area contributed by atoms with Gasteiger partial charge in [-0.05, 0) is 37.1 Å².